The molecule has 1 aliphatic carbocycles. The summed E-state index contributed by atoms with van der Waals surface area (Å²) in [6.07, 6.45) is 2.01. The Hall–Kier alpha value is -1.60. The topological polar surface area (TPSA) is 94.1 Å². The highest BCUT2D eigenvalue weighted by atomic mass is 16.7. The molecule has 0 unspecified atom stereocenters. The Bertz CT molecular complexity index is 392. The van der Waals surface area contributed by atoms with Gasteiger partial charge in [0, 0.05) is 12.8 Å². The third-order valence-electron chi connectivity index (χ3n) is 3.76. The van der Waals surface area contributed by atoms with Crippen molar-refractivity contribution in [3.63, 3.8) is 0 Å². The summed E-state index contributed by atoms with van der Waals surface area (Å²) in [5.41, 5.74) is -1.32. The van der Waals surface area contributed by atoms with Crippen LogP contribution in [0.2, 0.25) is 0 Å². The van der Waals surface area contributed by atoms with Crippen LogP contribution in [0, 0.1) is 0 Å². The summed E-state index contributed by atoms with van der Waals surface area (Å²) < 4.78 is 15.9. The fourth-order valence-corrected chi connectivity index (χ4v) is 2.60. The highest BCUT2D eigenvalue weighted by Gasteiger charge is 2.51. The number of rotatable bonds is 4. The molecule has 0 radical (unpaired) electrons. The second kappa shape index (κ2) is 5.80. The Kier molecular flexibility index (Phi) is 4.29. The number of amides is 1. The fourth-order valence-electron chi connectivity index (χ4n) is 2.60. The predicted octanol–water partition coefficient (Wildman–Crippen LogP) is 1.04. The Balaban J connectivity index is 1.99. The van der Waals surface area contributed by atoms with Gasteiger partial charge in [0.25, 0.3) is 0 Å². The molecule has 1 aliphatic heterocycles. The molecule has 2 rings (SSSR count). The quantitative estimate of drug-likeness (QED) is 0.749. The van der Waals surface area contributed by atoms with Crippen LogP contribution in [-0.2, 0) is 19.0 Å². The number of carbonyl (C=O) groups is 2. The van der Waals surface area contributed by atoms with Gasteiger partial charge in [-0.15, -0.1) is 0 Å². The van der Waals surface area contributed by atoms with Gasteiger partial charge >= 0.3 is 12.1 Å². The first-order valence-electron chi connectivity index (χ1n) is 6.59. The maximum Gasteiger partial charge on any atom is 0.408 e. The summed E-state index contributed by atoms with van der Waals surface area (Å²) in [5.74, 6) is -1.74. The molecular formula is C13H19NO6. The molecular weight excluding hydrogens is 266 g/mol. The van der Waals surface area contributed by atoms with E-state index in [2.05, 4.69) is 11.9 Å². The van der Waals surface area contributed by atoms with Crippen molar-refractivity contribution >= 4 is 12.1 Å². The van der Waals surface area contributed by atoms with Crippen LogP contribution < -0.4 is 5.32 Å². The second-order valence-corrected chi connectivity index (χ2v) is 5.01. The first-order chi connectivity index (χ1) is 9.52. The number of carboxylic acids is 1. The molecule has 112 valence electrons. The molecule has 0 atom stereocenters. The number of hydrogen-bond acceptors (Lipinski definition) is 5. The molecule has 1 heterocycles. The van der Waals surface area contributed by atoms with Gasteiger partial charge < -0.3 is 24.6 Å². The molecule has 0 aromatic carbocycles. The van der Waals surface area contributed by atoms with Crippen LogP contribution in [0.25, 0.3) is 0 Å². The molecule has 1 spiro atoms. The van der Waals surface area contributed by atoms with Gasteiger partial charge in [0.1, 0.15) is 12.1 Å². The van der Waals surface area contributed by atoms with Crippen molar-refractivity contribution in [1.29, 1.82) is 0 Å². The zero-order chi connectivity index (χ0) is 14.6. The van der Waals surface area contributed by atoms with Crippen molar-refractivity contribution in [2.45, 2.75) is 37.0 Å². The van der Waals surface area contributed by atoms with Crippen LogP contribution >= 0.6 is 0 Å². The standard InChI is InChI=1S/C13H19NO6/c1-2-7-18-11(17)14-12(10(15)16)3-5-13(6-4-12)19-8-9-20-13/h2H,1,3-9H2,(H,14,17)(H,15,16). The fraction of sp³-hybridized carbons (Fsp3) is 0.692. The highest BCUT2D eigenvalue weighted by molar-refractivity contribution is 5.84. The van der Waals surface area contributed by atoms with Crippen molar-refractivity contribution < 1.29 is 28.9 Å². The number of alkyl carbamates (subject to hydrolysis) is 1. The molecule has 0 aromatic rings. The zero-order valence-corrected chi connectivity index (χ0v) is 11.2. The van der Waals surface area contributed by atoms with E-state index >= 15 is 0 Å². The Morgan fingerprint density at radius 2 is 1.85 bits per heavy atom. The smallest absolute Gasteiger partial charge is 0.408 e. The van der Waals surface area contributed by atoms with Crippen LogP contribution in [-0.4, -0.2) is 48.3 Å². The molecule has 20 heavy (non-hydrogen) atoms. The van der Waals surface area contributed by atoms with Crippen molar-refractivity contribution in [2.75, 3.05) is 19.8 Å². The summed E-state index contributed by atoms with van der Waals surface area (Å²) in [6.45, 7) is 4.51. The van der Waals surface area contributed by atoms with Crippen LogP contribution in [0.5, 0.6) is 0 Å². The van der Waals surface area contributed by atoms with Gasteiger partial charge in [-0.25, -0.2) is 9.59 Å². The number of hydrogen-bond donors (Lipinski definition) is 2. The molecule has 2 fully saturated rings. The Morgan fingerprint density at radius 3 is 2.35 bits per heavy atom. The van der Waals surface area contributed by atoms with Crippen molar-refractivity contribution in [2.24, 2.45) is 0 Å². The lowest BCUT2D eigenvalue weighted by atomic mass is 9.78. The predicted molar refractivity (Wildman–Crippen MR) is 68.2 cm³/mol. The van der Waals surface area contributed by atoms with Crippen LogP contribution in [0.15, 0.2) is 12.7 Å². The minimum absolute atomic E-state index is 0.0394. The van der Waals surface area contributed by atoms with E-state index in [1.807, 2.05) is 0 Å². The van der Waals surface area contributed by atoms with Crippen LogP contribution in [0.1, 0.15) is 25.7 Å². The lowest BCUT2D eigenvalue weighted by molar-refractivity contribution is -0.190. The SMILES string of the molecule is C=CCOC(=O)NC1(C(=O)O)CCC2(CC1)OCCO2. The lowest BCUT2D eigenvalue weighted by Gasteiger charge is -2.41. The molecule has 0 bridgehead atoms. The number of carboxylic acid groups (broad SMARTS) is 1. The van der Waals surface area contributed by atoms with Crippen LogP contribution in [0.4, 0.5) is 4.79 Å². The molecule has 1 saturated heterocycles. The van der Waals surface area contributed by atoms with E-state index in [-0.39, 0.29) is 19.4 Å². The molecule has 2 aliphatic rings. The molecule has 2 N–H and O–H groups in total. The molecule has 0 aromatic heterocycles. The molecule has 7 heteroatoms. The van der Waals surface area contributed by atoms with Crippen LogP contribution in [0.3, 0.4) is 0 Å². The van der Waals surface area contributed by atoms with E-state index in [0.717, 1.165) is 0 Å². The average molecular weight is 285 g/mol. The average Bonchev–Trinajstić information content (AvgIpc) is 2.88. The van der Waals surface area contributed by atoms with Gasteiger partial charge in [0.15, 0.2) is 5.79 Å². The number of aliphatic carboxylic acids is 1. The molecule has 7 nitrogen and oxygen atoms in total. The Labute approximate surface area is 116 Å². The maximum absolute atomic E-state index is 11.6. The normalized spacial score (nSPS) is 23.2. The third kappa shape index (κ3) is 2.94. The van der Waals surface area contributed by atoms with Crippen molar-refractivity contribution in [1.82, 2.24) is 5.32 Å². The summed E-state index contributed by atoms with van der Waals surface area (Å²) >= 11 is 0. The van der Waals surface area contributed by atoms with E-state index in [9.17, 15) is 14.7 Å². The van der Waals surface area contributed by atoms with Gasteiger partial charge in [0.05, 0.1) is 13.2 Å². The minimum atomic E-state index is -1.32. The zero-order valence-electron chi connectivity index (χ0n) is 11.2. The second-order valence-electron chi connectivity index (χ2n) is 5.01. The van der Waals surface area contributed by atoms with Crippen molar-refractivity contribution in [3.8, 4) is 0 Å². The van der Waals surface area contributed by atoms with E-state index in [0.29, 0.717) is 26.1 Å². The number of carbonyl (C=O) groups excluding carboxylic acids is 1. The van der Waals surface area contributed by atoms with Gasteiger partial charge in [-0.05, 0) is 12.8 Å². The summed E-state index contributed by atoms with van der Waals surface area (Å²) in [6, 6.07) is 0. The summed E-state index contributed by atoms with van der Waals surface area (Å²) in [4.78, 5) is 23.1. The van der Waals surface area contributed by atoms with Gasteiger partial charge in [0.2, 0.25) is 0 Å². The van der Waals surface area contributed by atoms with Gasteiger partial charge in [-0.1, -0.05) is 12.7 Å². The van der Waals surface area contributed by atoms with Gasteiger partial charge in [-0.3, -0.25) is 0 Å². The highest BCUT2D eigenvalue weighted by Crippen LogP contribution is 2.40. The van der Waals surface area contributed by atoms with Crippen molar-refractivity contribution in [3.05, 3.63) is 12.7 Å². The van der Waals surface area contributed by atoms with E-state index < -0.39 is 23.4 Å². The van der Waals surface area contributed by atoms with E-state index in [4.69, 9.17) is 14.2 Å². The summed E-state index contributed by atoms with van der Waals surface area (Å²) in [7, 11) is 0. The monoisotopic (exact) mass is 285 g/mol. The summed E-state index contributed by atoms with van der Waals surface area (Å²) in [5, 5.41) is 11.9. The van der Waals surface area contributed by atoms with Gasteiger partial charge in [-0.2, -0.15) is 0 Å². The third-order valence-corrected chi connectivity index (χ3v) is 3.76. The Morgan fingerprint density at radius 1 is 1.25 bits per heavy atom. The first kappa shape index (κ1) is 14.8. The minimum Gasteiger partial charge on any atom is -0.480 e. The molecule has 1 amide bonds. The van der Waals surface area contributed by atoms with E-state index in [1.54, 1.807) is 0 Å². The largest absolute Gasteiger partial charge is 0.480 e. The van der Waals surface area contributed by atoms with E-state index in [1.165, 1.54) is 6.08 Å². The maximum atomic E-state index is 11.6. The first-order valence-corrected chi connectivity index (χ1v) is 6.59. The number of ether oxygens (including phenoxy) is 3. The lowest BCUT2D eigenvalue weighted by Crippen LogP contribution is -2.59. The molecule has 1 saturated carbocycles. The number of nitrogens with one attached hydrogen (secondary N) is 1.